The van der Waals surface area contributed by atoms with Crippen molar-refractivity contribution in [2.45, 2.75) is 26.1 Å². The first kappa shape index (κ1) is 12.2. The lowest BCUT2D eigenvalue weighted by Gasteiger charge is -2.35. The van der Waals surface area contributed by atoms with Crippen LogP contribution in [0.15, 0.2) is 29.1 Å². The van der Waals surface area contributed by atoms with Crippen molar-refractivity contribution in [3.8, 4) is 0 Å². The van der Waals surface area contributed by atoms with Gasteiger partial charge in [0, 0.05) is 13.1 Å². The molecule has 0 aliphatic carbocycles. The van der Waals surface area contributed by atoms with Gasteiger partial charge in [0.15, 0.2) is 0 Å². The summed E-state index contributed by atoms with van der Waals surface area (Å²) in [4.78, 5) is 21.5. The normalized spacial score (nSPS) is 23.8. The van der Waals surface area contributed by atoms with Crippen LogP contribution in [-0.4, -0.2) is 35.3 Å². The Balaban J connectivity index is 2.03. The fourth-order valence-electron chi connectivity index (χ4n) is 2.57. The van der Waals surface area contributed by atoms with Crippen LogP contribution in [0, 0.1) is 0 Å². The van der Waals surface area contributed by atoms with Crippen molar-refractivity contribution >= 4 is 16.9 Å². The molecule has 0 radical (unpaired) electrons. The number of ether oxygens (including phenoxy) is 1. The molecule has 100 valence electrons. The number of aromatic amines is 1. The highest BCUT2D eigenvalue weighted by molar-refractivity contribution is 5.78. The van der Waals surface area contributed by atoms with E-state index >= 15 is 0 Å². The van der Waals surface area contributed by atoms with Crippen LogP contribution in [0.4, 0.5) is 5.95 Å². The zero-order valence-corrected chi connectivity index (χ0v) is 11.1. The van der Waals surface area contributed by atoms with Gasteiger partial charge in [0.05, 0.1) is 23.1 Å². The second-order valence-corrected chi connectivity index (χ2v) is 5.07. The molecule has 1 aliphatic heterocycles. The van der Waals surface area contributed by atoms with Gasteiger partial charge < -0.3 is 9.64 Å². The summed E-state index contributed by atoms with van der Waals surface area (Å²) in [5.74, 6) is 0.630. The van der Waals surface area contributed by atoms with Crippen LogP contribution in [0.3, 0.4) is 0 Å². The maximum absolute atomic E-state index is 12.1. The molecule has 1 aromatic carbocycles. The van der Waals surface area contributed by atoms with Crippen LogP contribution in [0.5, 0.6) is 0 Å². The average molecular weight is 259 g/mol. The second-order valence-electron chi connectivity index (χ2n) is 5.07. The van der Waals surface area contributed by atoms with E-state index in [2.05, 4.69) is 14.9 Å². The lowest BCUT2D eigenvalue weighted by Crippen LogP contribution is -2.46. The monoisotopic (exact) mass is 259 g/mol. The lowest BCUT2D eigenvalue weighted by atomic mass is 10.2. The Bertz CT molecular complexity index is 642. The molecule has 0 bridgehead atoms. The Labute approximate surface area is 111 Å². The van der Waals surface area contributed by atoms with E-state index in [0.29, 0.717) is 11.3 Å². The smallest absolute Gasteiger partial charge is 0.260 e. The summed E-state index contributed by atoms with van der Waals surface area (Å²) in [6.45, 7) is 5.54. The van der Waals surface area contributed by atoms with Gasteiger partial charge in [-0.3, -0.25) is 9.78 Å². The number of nitrogens with one attached hydrogen (secondary N) is 1. The van der Waals surface area contributed by atoms with Crippen molar-refractivity contribution in [2.75, 3.05) is 18.0 Å². The Kier molecular flexibility index (Phi) is 2.98. The lowest BCUT2D eigenvalue weighted by molar-refractivity contribution is -0.00571. The summed E-state index contributed by atoms with van der Waals surface area (Å²) < 4.78 is 5.69. The van der Waals surface area contributed by atoms with Crippen molar-refractivity contribution < 1.29 is 4.74 Å². The van der Waals surface area contributed by atoms with Crippen molar-refractivity contribution in [3.63, 3.8) is 0 Å². The fourth-order valence-corrected chi connectivity index (χ4v) is 2.57. The number of rotatable bonds is 1. The molecule has 0 amide bonds. The van der Waals surface area contributed by atoms with Gasteiger partial charge in [-0.05, 0) is 26.0 Å². The third-order valence-electron chi connectivity index (χ3n) is 3.32. The molecule has 5 heteroatoms. The Morgan fingerprint density at radius 1 is 1.26 bits per heavy atom. The largest absolute Gasteiger partial charge is 0.372 e. The van der Waals surface area contributed by atoms with E-state index in [4.69, 9.17) is 4.74 Å². The number of H-pyrrole nitrogens is 1. The van der Waals surface area contributed by atoms with E-state index in [1.165, 1.54) is 0 Å². The summed E-state index contributed by atoms with van der Waals surface area (Å²) in [5, 5.41) is 0.626. The Morgan fingerprint density at radius 3 is 2.68 bits per heavy atom. The first-order valence-electron chi connectivity index (χ1n) is 6.53. The van der Waals surface area contributed by atoms with Crippen molar-refractivity contribution in [3.05, 3.63) is 34.6 Å². The number of morpholine rings is 1. The summed E-state index contributed by atoms with van der Waals surface area (Å²) in [6.07, 6.45) is 0.279. The standard InChI is InChI=1S/C14H17N3O2/c1-9-7-17(8-10(2)19-9)14-15-12-6-4-3-5-11(12)13(18)16-14/h3-6,9-10H,7-8H2,1-2H3,(H,15,16,18). The topological polar surface area (TPSA) is 58.2 Å². The van der Waals surface area contributed by atoms with Gasteiger partial charge in [-0.15, -0.1) is 0 Å². The highest BCUT2D eigenvalue weighted by Crippen LogP contribution is 2.17. The minimum absolute atomic E-state index is 0.0904. The molecule has 1 aromatic heterocycles. The van der Waals surface area contributed by atoms with Crippen molar-refractivity contribution in [1.29, 1.82) is 0 Å². The van der Waals surface area contributed by atoms with Crippen LogP contribution >= 0.6 is 0 Å². The van der Waals surface area contributed by atoms with Crippen molar-refractivity contribution in [1.82, 2.24) is 9.97 Å². The zero-order chi connectivity index (χ0) is 13.4. The van der Waals surface area contributed by atoms with Crippen LogP contribution in [0.2, 0.25) is 0 Å². The second kappa shape index (κ2) is 4.66. The Hall–Kier alpha value is -1.88. The van der Waals surface area contributed by atoms with Crippen LogP contribution in [0.1, 0.15) is 13.8 Å². The molecule has 2 unspecified atom stereocenters. The van der Waals surface area contributed by atoms with E-state index in [0.717, 1.165) is 18.6 Å². The molecule has 5 nitrogen and oxygen atoms in total. The quantitative estimate of drug-likeness (QED) is 0.844. The molecular formula is C14H17N3O2. The molecule has 2 atom stereocenters. The van der Waals surface area contributed by atoms with Gasteiger partial charge in [-0.2, -0.15) is 0 Å². The summed E-state index contributed by atoms with van der Waals surface area (Å²) in [7, 11) is 0. The van der Waals surface area contributed by atoms with Gasteiger partial charge in [-0.25, -0.2) is 4.98 Å². The first-order valence-corrected chi connectivity index (χ1v) is 6.53. The first-order chi connectivity index (χ1) is 9.13. The zero-order valence-electron chi connectivity index (χ0n) is 11.1. The van der Waals surface area contributed by atoms with Crippen molar-refractivity contribution in [2.24, 2.45) is 0 Å². The number of nitrogens with zero attached hydrogens (tertiary/aromatic N) is 2. The highest BCUT2D eigenvalue weighted by Gasteiger charge is 2.24. The molecule has 1 aliphatic rings. The van der Waals surface area contributed by atoms with E-state index in [1.807, 2.05) is 32.0 Å². The number of hydrogen-bond donors (Lipinski definition) is 1. The summed E-state index contributed by atoms with van der Waals surface area (Å²) in [6, 6.07) is 7.39. The number of aromatic nitrogens is 2. The van der Waals surface area contributed by atoms with Gasteiger partial charge >= 0.3 is 0 Å². The van der Waals surface area contributed by atoms with Crippen LogP contribution < -0.4 is 10.5 Å². The van der Waals surface area contributed by atoms with Crippen LogP contribution in [0.25, 0.3) is 10.9 Å². The molecule has 2 aromatic rings. The molecule has 2 heterocycles. The van der Waals surface area contributed by atoms with E-state index in [1.54, 1.807) is 6.07 Å². The maximum Gasteiger partial charge on any atom is 0.260 e. The molecule has 1 N–H and O–H groups in total. The average Bonchev–Trinajstić information content (AvgIpc) is 2.37. The molecule has 0 spiro atoms. The number of hydrogen-bond acceptors (Lipinski definition) is 4. The molecule has 3 rings (SSSR count). The number of anilines is 1. The fraction of sp³-hybridized carbons (Fsp3) is 0.429. The van der Waals surface area contributed by atoms with E-state index < -0.39 is 0 Å². The summed E-state index contributed by atoms with van der Waals surface area (Å²) >= 11 is 0. The Morgan fingerprint density at radius 2 is 1.95 bits per heavy atom. The van der Waals surface area contributed by atoms with Crippen LogP contribution in [-0.2, 0) is 4.74 Å². The number of benzene rings is 1. The van der Waals surface area contributed by atoms with Gasteiger partial charge in [0.1, 0.15) is 0 Å². The predicted octanol–water partition coefficient (Wildman–Crippen LogP) is 1.54. The van der Waals surface area contributed by atoms with Gasteiger partial charge in [0.25, 0.3) is 5.56 Å². The number of para-hydroxylation sites is 1. The highest BCUT2D eigenvalue weighted by atomic mass is 16.5. The molecule has 0 saturated carbocycles. The summed E-state index contributed by atoms with van der Waals surface area (Å²) in [5.41, 5.74) is 0.639. The molecule has 1 fully saturated rings. The van der Waals surface area contributed by atoms with E-state index in [9.17, 15) is 4.79 Å². The molecule has 1 saturated heterocycles. The SMILES string of the molecule is CC1CN(c2nc3ccccc3c(=O)[nH]2)CC(C)O1. The molecule has 19 heavy (non-hydrogen) atoms. The van der Waals surface area contributed by atoms with Gasteiger partial charge in [0.2, 0.25) is 5.95 Å². The minimum Gasteiger partial charge on any atom is -0.372 e. The maximum atomic E-state index is 12.1. The third-order valence-corrected chi connectivity index (χ3v) is 3.32. The molecular weight excluding hydrogens is 242 g/mol. The van der Waals surface area contributed by atoms with Gasteiger partial charge in [-0.1, -0.05) is 12.1 Å². The third kappa shape index (κ3) is 2.33. The minimum atomic E-state index is -0.0904. The predicted molar refractivity (Wildman–Crippen MR) is 74.6 cm³/mol. The number of fused-ring (bicyclic) bond motifs is 1. The van der Waals surface area contributed by atoms with E-state index in [-0.39, 0.29) is 17.8 Å².